The van der Waals surface area contributed by atoms with Gasteiger partial charge in [0.1, 0.15) is 5.52 Å². The van der Waals surface area contributed by atoms with E-state index in [-0.39, 0.29) is 17.9 Å². The molecular weight excluding hydrogens is 444 g/mol. The first-order chi connectivity index (χ1) is 16.9. The Bertz CT molecular complexity index is 1420. The molecular formula is C27H30N4O4. The van der Waals surface area contributed by atoms with E-state index in [1.54, 1.807) is 41.8 Å². The zero-order valence-corrected chi connectivity index (χ0v) is 20.5. The quantitative estimate of drug-likeness (QED) is 0.401. The van der Waals surface area contributed by atoms with E-state index in [1.165, 1.54) is 11.1 Å². The van der Waals surface area contributed by atoms with Gasteiger partial charge in [0.2, 0.25) is 5.91 Å². The average Bonchev–Trinajstić information content (AvgIpc) is 3.30. The molecule has 2 heterocycles. The normalized spacial score (nSPS) is 11.0. The Morgan fingerprint density at radius 1 is 0.971 bits per heavy atom. The van der Waals surface area contributed by atoms with Gasteiger partial charge in [0.25, 0.3) is 5.56 Å². The van der Waals surface area contributed by atoms with Crippen molar-refractivity contribution in [1.82, 2.24) is 19.5 Å². The number of hydrogen-bond acceptors (Lipinski definition) is 5. The van der Waals surface area contributed by atoms with Gasteiger partial charge >= 0.3 is 0 Å². The lowest BCUT2D eigenvalue weighted by atomic mass is 10.0. The number of ether oxygens (including phenoxy) is 2. The first-order valence-electron chi connectivity index (χ1n) is 11.5. The van der Waals surface area contributed by atoms with Crippen LogP contribution in [0.2, 0.25) is 0 Å². The molecule has 8 heteroatoms. The van der Waals surface area contributed by atoms with E-state index < -0.39 is 0 Å². The fourth-order valence-electron chi connectivity index (χ4n) is 3.94. The van der Waals surface area contributed by atoms with E-state index in [1.807, 2.05) is 24.3 Å². The molecule has 4 rings (SSSR count). The molecule has 0 aliphatic rings. The van der Waals surface area contributed by atoms with Gasteiger partial charge in [-0.05, 0) is 61.2 Å². The zero-order valence-electron chi connectivity index (χ0n) is 20.5. The second-order valence-corrected chi connectivity index (χ2v) is 8.49. The molecule has 0 aliphatic carbocycles. The first-order valence-corrected chi connectivity index (χ1v) is 11.5. The van der Waals surface area contributed by atoms with Crippen molar-refractivity contribution in [3.63, 3.8) is 0 Å². The van der Waals surface area contributed by atoms with Crippen LogP contribution in [0.3, 0.4) is 0 Å². The van der Waals surface area contributed by atoms with Crippen molar-refractivity contribution >= 4 is 11.4 Å². The van der Waals surface area contributed by atoms with E-state index in [9.17, 15) is 9.59 Å². The van der Waals surface area contributed by atoms with Crippen LogP contribution < -0.4 is 20.3 Å². The summed E-state index contributed by atoms with van der Waals surface area (Å²) >= 11 is 0. The Labute approximate surface area is 204 Å². The predicted molar refractivity (Wildman–Crippen MR) is 135 cm³/mol. The highest BCUT2D eigenvalue weighted by Gasteiger charge is 2.11. The smallest absolute Gasteiger partial charge is 0.276 e. The van der Waals surface area contributed by atoms with Crippen LogP contribution >= 0.6 is 0 Å². The Morgan fingerprint density at radius 2 is 1.77 bits per heavy atom. The van der Waals surface area contributed by atoms with Crippen LogP contribution in [0.5, 0.6) is 11.5 Å². The minimum atomic E-state index is -0.173. The van der Waals surface area contributed by atoms with Crippen LogP contribution in [-0.2, 0) is 17.8 Å². The number of nitrogens with one attached hydrogen (secondary N) is 1. The average molecular weight is 475 g/mol. The molecule has 8 nitrogen and oxygen atoms in total. The van der Waals surface area contributed by atoms with Crippen LogP contribution in [0.4, 0.5) is 0 Å². The minimum absolute atomic E-state index is 0.110. The van der Waals surface area contributed by atoms with Crippen molar-refractivity contribution < 1.29 is 14.3 Å². The van der Waals surface area contributed by atoms with Crippen molar-refractivity contribution in [2.45, 2.75) is 33.2 Å². The molecule has 4 aromatic rings. The van der Waals surface area contributed by atoms with E-state index in [0.29, 0.717) is 36.5 Å². The third-order valence-corrected chi connectivity index (χ3v) is 6.17. The highest BCUT2D eigenvalue weighted by atomic mass is 16.5. The third-order valence-electron chi connectivity index (χ3n) is 6.17. The number of benzene rings is 2. The van der Waals surface area contributed by atoms with Gasteiger partial charge in [0, 0.05) is 37.5 Å². The summed E-state index contributed by atoms with van der Waals surface area (Å²) in [4.78, 5) is 25.3. The van der Waals surface area contributed by atoms with Crippen molar-refractivity contribution in [1.29, 1.82) is 0 Å². The number of methoxy groups -OCH3 is 2. The van der Waals surface area contributed by atoms with Crippen molar-refractivity contribution in [2.75, 3.05) is 20.8 Å². The highest BCUT2D eigenvalue weighted by molar-refractivity contribution is 5.75. The Kier molecular flexibility index (Phi) is 7.19. The maximum Gasteiger partial charge on any atom is 0.276 e. The van der Waals surface area contributed by atoms with Gasteiger partial charge < -0.3 is 19.4 Å². The van der Waals surface area contributed by atoms with Crippen molar-refractivity contribution in [2.24, 2.45) is 0 Å². The number of aryl methyl sites for hydroxylation is 3. The molecule has 2 aromatic carbocycles. The molecule has 0 aliphatic heterocycles. The summed E-state index contributed by atoms with van der Waals surface area (Å²) in [6, 6.07) is 13.6. The summed E-state index contributed by atoms with van der Waals surface area (Å²) in [6.07, 6.45) is 4.29. The highest BCUT2D eigenvalue weighted by Crippen LogP contribution is 2.27. The van der Waals surface area contributed by atoms with E-state index >= 15 is 0 Å². The molecule has 182 valence electrons. The Balaban J connectivity index is 1.36. The van der Waals surface area contributed by atoms with Gasteiger partial charge in [0.05, 0.1) is 19.9 Å². The van der Waals surface area contributed by atoms with Gasteiger partial charge in [-0.1, -0.05) is 18.2 Å². The third kappa shape index (κ3) is 5.37. The molecule has 0 spiro atoms. The number of carbonyl (C=O) groups excluding carboxylic acids is 1. The Hall–Kier alpha value is -4.07. The molecule has 0 fully saturated rings. The number of carbonyl (C=O) groups is 1. The lowest BCUT2D eigenvalue weighted by molar-refractivity contribution is -0.121. The summed E-state index contributed by atoms with van der Waals surface area (Å²) < 4.78 is 13.7. The molecule has 0 bridgehead atoms. The fraction of sp³-hybridized carbons (Fsp3) is 0.296. The van der Waals surface area contributed by atoms with Crippen LogP contribution in [0.15, 0.2) is 59.7 Å². The summed E-state index contributed by atoms with van der Waals surface area (Å²) in [5, 5.41) is 7.47. The molecule has 1 N–H and O–H groups in total. The first kappa shape index (κ1) is 24.1. The molecule has 2 aromatic heterocycles. The van der Waals surface area contributed by atoms with Gasteiger partial charge in [-0.15, -0.1) is 0 Å². The number of rotatable bonds is 9. The zero-order chi connectivity index (χ0) is 24.9. The van der Waals surface area contributed by atoms with E-state index in [4.69, 9.17) is 9.47 Å². The number of nitrogens with zero attached hydrogens (tertiary/aromatic N) is 3. The van der Waals surface area contributed by atoms with Gasteiger partial charge in [-0.2, -0.15) is 5.10 Å². The summed E-state index contributed by atoms with van der Waals surface area (Å²) in [5.74, 6) is 1.22. The van der Waals surface area contributed by atoms with Gasteiger partial charge in [-0.3, -0.25) is 9.59 Å². The standard InChI is InChI=1S/C27H30N4O4/c1-18-5-7-21(15-19(18)2)22-17-23-27(33)30(13-14-31(23)29-22)12-10-26(32)28-11-9-20-6-8-24(34-3)25(16-20)35-4/h5-8,13-17H,9-12H2,1-4H3,(H,28,32). The van der Waals surface area contributed by atoms with E-state index in [0.717, 1.165) is 16.8 Å². The Morgan fingerprint density at radius 3 is 2.51 bits per heavy atom. The number of fused-ring (bicyclic) bond motifs is 1. The number of aromatic nitrogens is 3. The molecule has 0 atom stereocenters. The molecule has 1 amide bonds. The number of hydrogen-bond donors (Lipinski definition) is 1. The van der Waals surface area contributed by atoms with Crippen LogP contribution in [0.25, 0.3) is 16.8 Å². The van der Waals surface area contributed by atoms with Crippen molar-refractivity contribution in [3.05, 3.63) is 81.9 Å². The molecule has 0 saturated carbocycles. The maximum atomic E-state index is 13.0. The van der Waals surface area contributed by atoms with Crippen LogP contribution in [0.1, 0.15) is 23.1 Å². The van der Waals surface area contributed by atoms with Gasteiger partial charge in [0.15, 0.2) is 11.5 Å². The van der Waals surface area contributed by atoms with Crippen LogP contribution in [-0.4, -0.2) is 40.9 Å². The summed E-state index contributed by atoms with van der Waals surface area (Å²) in [7, 11) is 3.19. The van der Waals surface area contributed by atoms with Gasteiger partial charge in [-0.25, -0.2) is 4.52 Å². The topological polar surface area (TPSA) is 86.9 Å². The van der Waals surface area contributed by atoms with Crippen molar-refractivity contribution in [3.8, 4) is 22.8 Å². The second kappa shape index (κ2) is 10.5. The molecule has 35 heavy (non-hydrogen) atoms. The lowest BCUT2D eigenvalue weighted by Crippen LogP contribution is -2.29. The lowest BCUT2D eigenvalue weighted by Gasteiger charge is -2.10. The predicted octanol–water partition coefficient (Wildman–Crippen LogP) is 3.55. The molecule has 0 unspecified atom stereocenters. The second-order valence-electron chi connectivity index (χ2n) is 8.49. The number of amides is 1. The minimum Gasteiger partial charge on any atom is -0.493 e. The molecule has 0 saturated heterocycles. The maximum absolute atomic E-state index is 13.0. The van der Waals surface area contributed by atoms with E-state index in [2.05, 4.69) is 36.4 Å². The largest absolute Gasteiger partial charge is 0.493 e. The SMILES string of the molecule is COc1ccc(CCNC(=O)CCn2ccn3nc(-c4ccc(C)c(C)c4)cc3c2=O)cc1OC. The van der Waals surface area contributed by atoms with Crippen LogP contribution in [0, 0.1) is 13.8 Å². The summed E-state index contributed by atoms with van der Waals surface area (Å²) in [5.41, 5.74) is 5.44. The monoisotopic (exact) mass is 474 g/mol. The fourth-order valence-corrected chi connectivity index (χ4v) is 3.94. The molecule has 0 radical (unpaired) electrons. The summed E-state index contributed by atoms with van der Waals surface area (Å²) in [6.45, 7) is 4.90.